The number of carbonyl (C=O) groups is 1. The van der Waals surface area contributed by atoms with E-state index in [0.717, 1.165) is 6.42 Å². The van der Waals surface area contributed by atoms with E-state index in [1.54, 1.807) is 16.8 Å². The molecule has 0 unspecified atom stereocenters. The van der Waals surface area contributed by atoms with Crippen molar-refractivity contribution in [3.05, 3.63) is 47.5 Å². The lowest BCUT2D eigenvalue weighted by atomic mass is 9.94. The van der Waals surface area contributed by atoms with Gasteiger partial charge >= 0.3 is 6.03 Å². The van der Waals surface area contributed by atoms with Crippen molar-refractivity contribution < 1.29 is 22.9 Å². The number of hydrogen-bond acceptors (Lipinski definition) is 6. The summed E-state index contributed by atoms with van der Waals surface area (Å²) in [7, 11) is -2.19. The minimum atomic E-state index is -3.67. The van der Waals surface area contributed by atoms with E-state index >= 15 is 0 Å². The molecule has 3 aromatic rings. The fraction of sp³-hybridized carbons (Fsp3) is 0.375. The van der Waals surface area contributed by atoms with Gasteiger partial charge in [0.1, 0.15) is 10.7 Å². The molecule has 0 spiro atoms. The quantitative estimate of drug-likeness (QED) is 0.542. The third-order valence-electron chi connectivity index (χ3n) is 6.31. The Morgan fingerprint density at radius 1 is 1.33 bits per heavy atom. The van der Waals surface area contributed by atoms with Crippen LogP contribution < -0.4 is 19.9 Å². The molecule has 2 aliphatic rings. The second-order valence-electron chi connectivity index (χ2n) is 9.69. The molecule has 2 amide bonds. The number of carbonyl (C=O) groups excluding carboxylic acids is 1. The van der Waals surface area contributed by atoms with Crippen molar-refractivity contribution in [2.24, 2.45) is 14.9 Å². The van der Waals surface area contributed by atoms with Crippen molar-refractivity contribution in [2.75, 3.05) is 19.0 Å². The molecule has 190 valence electrons. The number of hydrogen-bond donors (Lipinski definition) is 2. The number of aromatic nitrogens is 3. The average Bonchev–Trinajstić information content (AvgIpc) is 3.47. The molecule has 0 saturated carbocycles. The van der Waals surface area contributed by atoms with Crippen LogP contribution in [0.5, 0.6) is 11.8 Å². The van der Waals surface area contributed by atoms with Gasteiger partial charge in [0.05, 0.1) is 32.1 Å². The zero-order chi connectivity index (χ0) is 25.7. The first-order chi connectivity index (χ1) is 17.1. The molecular formula is C24H27FN6O4S. The lowest BCUT2D eigenvalue weighted by molar-refractivity contribution is 0.0972. The number of nitrogens with zero attached hydrogens (tertiary/aromatic N) is 4. The number of halogens is 1. The monoisotopic (exact) mass is 514 g/mol. The molecule has 2 aromatic heterocycles. The van der Waals surface area contributed by atoms with E-state index in [-0.39, 0.29) is 22.0 Å². The van der Waals surface area contributed by atoms with Crippen LogP contribution in [0.4, 0.5) is 14.9 Å². The van der Waals surface area contributed by atoms with Crippen LogP contribution in [0.25, 0.3) is 11.1 Å². The van der Waals surface area contributed by atoms with Crippen LogP contribution in [0.2, 0.25) is 0 Å². The molecule has 1 atom stereocenters. The lowest BCUT2D eigenvalue weighted by Gasteiger charge is -2.30. The molecule has 0 bridgehead atoms. The first kappa shape index (κ1) is 24.2. The van der Waals surface area contributed by atoms with Gasteiger partial charge in [0.25, 0.3) is 0 Å². The SMILES string of the molecule is COc1cc(-c2cc(F)c3c(c2NC(=O)N=[S@@](N)(=O)c2cnn4c2OCC(C)(C)C4)CCC3)ccn1. The van der Waals surface area contributed by atoms with Gasteiger partial charge in [-0.3, -0.25) is 0 Å². The van der Waals surface area contributed by atoms with Crippen LogP contribution >= 0.6 is 0 Å². The fourth-order valence-electron chi connectivity index (χ4n) is 4.62. The first-order valence-corrected chi connectivity index (χ1v) is 13.0. The zero-order valence-corrected chi connectivity index (χ0v) is 21.0. The molecule has 0 radical (unpaired) electrons. The maximum Gasteiger partial charge on any atom is 0.354 e. The summed E-state index contributed by atoms with van der Waals surface area (Å²) >= 11 is 0. The number of ether oxygens (including phenoxy) is 2. The zero-order valence-electron chi connectivity index (χ0n) is 20.2. The lowest BCUT2D eigenvalue weighted by Crippen LogP contribution is -2.33. The Labute approximate surface area is 208 Å². The van der Waals surface area contributed by atoms with Crippen LogP contribution in [0.1, 0.15) is 31.4 Å². The van der Waals surface area contributed by atoms with E-state index in [4.69, 9.17) is 14.6 Å². The Hall–Kier alpha value is -3.51. The number of benzene rings is 1. The van der Waals surface area contributed by atoms with Gasteiger partial charge in [0.2, 0.25) is 11.8 Å². The Morgan fingerprint density at radius 3 is 2.89 bits per heavy atom. The Bertz CT molecular complexity index is 1490. The van der Waals surface area contributed by atoms with E-state index in [2.05, 4.69) is 19.8 Å². The summed E-state index contributed by atoms with van der Waals surface area (Å²) in [4.78, 5) is 17.2. The number of pyridine rings is 1. The van der Waals surface area contributed by atoms with Crippen molar-refractivity contribution in [1.29, 1.82) is 0 Å². The highest BCUT2D eigenvalue weighted by Crippen LogP contribution is 2.40. The topological polar surface area (TPSA) is 134 Å². The van der Waals surface area contributed by atoms with E-state index in [9.17, 15) is 13.4 Å². The predicted molar refractivity (Wildman–Crippen MR) is 132 cm³/mol. The number of fused-ring (bicyclic) bond motifs is 2. The summed E-state index contributed by atoms with van der Waals surface area (Å²) in [6, 6.07) is 3.79. The van der Waals surface area contributed by atoms with E-state index < -0.39 is 15.9 Å². The number of methoxy groups -OCH3 is 1. The summed E-state index contributed by atoms with van der Waals surface area (Å²) in [6.07, 6.45) is 4.74. The van der Waals surface area contributed by atoms with Gasteiger partial charge in [-0.1, -0.05) is 13.8 Å². The number of anilines is 1. The molecule has 1 aliphatic heterocycles. The normalized spacial score (nSPS) is 17.4. The van der Waals surface area contributed by atoms with Crippen LogP contribution in [0, 0.1) is 11.2 Å². The van der Waals surface area contributed by atoms with Gasteiger partial charge in [-0.25, -0.2) is 28.2 Å². The van der Waals surface area contributed by atoms with Gasteiger partial charge in [-0.2, -0.15) is 5.10 Å². The van der Waals surface area contributed by atoms with E-state index in [1.807, 2.05) is 13.8 Å². The van der Waals surface area contributed by atoms with Gasteiger partial charge in [0, 0.05) is 23.2 Å². The van der Waals surface area contributed by atoms with Crippen molar-refractivity contribution in [2.45, 2.75) is 44.6 Å². The highest BCUT2D eigenvalue weighted by Gasteiger charge is 2.32. The molecule has 0 saturated heterocycles. The van der Waals surface area contributed by atoms with Gasteiger partial charge in [-0.15, -0.1) is 4.36 Å². The maximum atomic E-state index is 14.9. The highest BCUT2D eigenvalue weighted by molar-refractivity contribution is 7.91. The number of amides is 2. The second kappa shape index (κ2) is 8.86. The summed E-state index contributed by atoms with van der Waals surface area (Å²) in [5.41, 5.74) is 2.51. The second-order valence-corrected chi connectivity index (χ2v) is 11.5. The Balaban J connectivity index is 1.53. The molecule has 3 heterocycles. The minimum absolute atomic E-state index is 0.0524. The minimum Gasteiger partial charge on any atom is -0.481 e. The third-order valence-corrected chi connectivity index (χ3v) is 7.65. The molecular weight excluding hydrogens is 487 g/mol. The third kappa shape index (κ3) is 4.42. The van der Waals surface area contributed by atoms with Crippen LogP contribution in [-0.2, 0) is 29.3 Å². The van der Waals surface area contributed by atoms with Gasteiger partial charge in [-0.05, 0) is 48.1 Å². The summed E-state index contributed by atoms with van der Waals surface area (Å²) in [5, 5.41) is 13.0. The van der Waals surface area contributed by atoms with Crippen molar-refractivity contribution in [3.63, 3.8) is 0 Å². The smallest absolute Gasteiger partial charge is 0.354 e. The highest BCUT2D eigenvalue weighted by atomic mass is 32.2. The summed E-state index contributed by atoms with van der Waals surface area (Å²) < 4.78 is 44.6. The van der Waals surface area contributed by atoms with Crippen LogP contribution in [0.3, 0.4) is 0 Å². The summed E-state index contributed by atoms with van der Waals surface area (Å²) in [6.45, 7) is 4.97. The van der Waals surface area contributed by atoms with Crippen molar-refractivity contribution in [3.8, 4) is 22.9 Å². The molecule has 10 nitrogen and oxygen atoms in total. The average molecular weight is 515 g/mol. The molecule has 36 heavy (non-hydrogen) atoms. The number of nitrogens with two attached hydrogens (primary N) is 1. The predicted octanol–water partition coefficient (Wildman–Crippen LogP) is 3.93. The molecule has 0 fully saturated rings. The fourth-order valence-corrected chi connectivity index (χ4v) is 5.63. The summed E-state index contributed by atoms with van der Waals surface area (Å²) in [5.74, 6) is 0.234. The molecule has 12 heteroatoms. The molecule has 1 aromatic carbocycles. The molecule has 5 rings (SSSR count). The van der Waals surface area contributed by atoms with E-state index in [1.165, 1.54) is 25.6 Å². The van der Waals surface area contributed by atoms with Crippen LogP contribution in [0.15, 0.2) is 39.9 Å². The Kier molecular flexibility index (Phi) is 5.95. The van der Waals surface area contributed by atoms with Gasteiger partial charge < -0.3 is 14.8 Å². The number of urea groups is 1. The van der Waals surface area contributed by atoms with E-state index in [0.29, 0.717) is 59.8 Å². The van der Waals surface area contributed by atoms with Crippen molar-refractivity contribution in [1.82, 2.24) is 14.8 Å². The largest absolute Gasteiger partial charge is 0.481 e. The Morgan fingerprint density at radius 2 is 2.11 bits per heavy atom. The number of nitrogens with one attached hydrogen (secondary N) is 1. The molecule has 1 aliphatic carbocycles. The number of rotatable bonds is 4. The van der Waals surface area contributed by atoms with Crippen molar-refractivity contribution >= 4 is 21.6 Å². The van der Waals surface area contributed by atoms with Gasteiger partial charge in [0.15, 0.2) is 9.92 Å². The standard InChI is InChI=1S/C24H27FN6O4S/c1-24(2)12-31-22(35-13-24)19(11-28-31)36(26,33)30-23(32)29-21-16-6-4-5-15(16)18(25)10-17(21)14-7-8-27-20(9-14)34-3/h7-11H,4-6,12-13H2,1-3H3,(H3,26,29,30,32,33)/t36-/m1/s1. The molecule has 3 N–H and O–H groups in total. The van der Waals surface area contributed by atoms with Crippen LogP contribution in [-0.4, -0.2) is 38.7 Å². The first-order valence-electron chi connectivity index (χ1n) is 11.5. The maximum absolute atomic E-state index is 14.9.